The van der Waals surface area contributed by atoms with Crippen molar-refractivity contribution in [3.8, 4) is 0 Å². The molecule has 2 N–H and O–H groups in total. The van der Waals surface area contributed by atoms with Crippen LogP contribution in [0.3, 0.4) is 0 Å². The predicted octanol–water partition coefficient (Wildman–Crippen LogP) is 1.11. The monoisotopic (exact) mass is 154 g/mol. The number of allylic oxidation sites excluding steroid dienone is 1. The van der Waals surface area contributed by atoms with E-state index >= 15 is 0 Å². The van der Waals surface area contributed by atoms with Crippen LogP contribution in [0.25, 0.3) is 0 Å². The summed E-state index contributed by atoms with van der Waals surface area (Å²) in [5.74, 6) is -0.183. The molecule has 0 atom stereocenters. The zero-order valence-corrected chi connectivity index (χ0v) is 7.41. The van der Waals surface area contributed by atoms with Crippen LogP contribution >= 0.6 is 0 Å². The van der Waals surface area contributed by atoms with E-state index in [9.17, 15) is 4.79 Å². The maximum atomic E-state index is 11.1. The number of carbonyl (C=O) groups excluding carboxylic acids is 1. The van der Waals surface area contributed by atoms with Crippen LogP contribution in [0.15, 0.2) is 11.1 Å². The number of carbonyl (C=O) groups is 1. The van der Waals surface area contributed by atoms with E-state index in [1.807, 2.05) is 13.8 Å². The van der Waals surface area contributed by atoms with Gasteiger partial charge in [-0.15, -0.1) is 0 Å². The van der Waals surface area contributed by atoms with E-state index in [0.29, 0.717) is 11.3 Å². The smallest absolute Gasteiger partial charge is 0.252 e. The van der Waals surface area contributed by atoms with Crippen LogP contribution < -0.4 is 5.32 Å². The Morgan fingerprint density at radius 3 is 1.82 bits per heavy atom. The van der Waals surface area contributed by atoms with Gasteiger partial charge in [-0.3, -0.25) is 4.79 Å². The van der Waals surface area contributed by atoms with E-state index in [1.54, 1.807) is 14.0 Å². The molecule has 0 radical (unpaired) electrons. The zero-order chi connectivity index (χ0) is 9.02. The number of hydrogen-bond acceptors (Lipinski definition) is 2. The van der Waals surface area contributed by atoms with Crippen LogP contribution in [-0.4, -0.2) is 18.7 Å². The molecule has 0 spiro atoms. The van der Waals surface area contributed by atoms with Crippen LogP contribution in [0.5, 0.6) is 0 Å². The predicted molar refractivity (Wildman–Crippen MR) is 45.8 cm³/mol. The third-order valence-electron chi connectivity index (χ3n) is 1.33. The maximum absolute atomic E-state index is 11.1. The fourth-order valence-corrected chi connectivity index (χ4v) is 0.897. The van der Waals surface area contributed by atoms with Gasteiger partial charge in [-0.25, -0.2) is 0 Å². The first-order chi connectivity index (χ1) is 5.00. The molecule has 0 fully saturated rings. The van der Waals surface area contributed by atoms with Gasteiger partial charge in [0.05, 0.1) is 5.57 Å². The summed E-state index contributed by atoms with van der Waals surface area (Å²) in [6.45, 7) is 5.25. The average molecular weight is 154 g/mol. The molecule has 0 aliphatic heterocycles. The highest BCUT2D eigenvalue weighted by atomic mass is 16.1. The molecule has 0 aromatic carbocycles. The van der Waals surface area contributed by atoms with Crippen molar-refractivity contribution in [3.63, 3.8) is 0 Å². The zero-order valence-electron chi connectivity index (χ0n) is 7.41. The molecular formula is C8H14N2O. The van der Waals surface area contributed by atoms with Gasteiger partial charge in [-0.05, 0) is 20.8 Å². The summed E-state index contributed by atoms with van der Waals surface area (Å²) in [6.07, 6.45) is 0. The topological polar surface area (TPSA) is 53.0 Å². The van der Waals surface area contributed by atoms with Gasteiger partial charge < -0.3 is 10.7 Å². The first-order valence-electron chi connectivity index (χ1n) is 3.45. The summed E-state index contributed by atoms with van der Waals surface area (Å²) in [5.41, 5.74) is 1.66. The molecule has 0 rings (SSSR count). The van der Waals surface area contributed by atoms with Gasteiger partial charge >= 0.3 is 0 Å². The van der Waals surface area contributed by atoms with E-state index in [4.69, 9.17) is 5.41 Å². The number of nitrogens with one attached hydrogen (secondary N) is 2. The van der Waals surface area contributed by atoms with E-state index in [-0.39, 0.29) is 5.91 Å². The van der Waals surface area contributed by atoms with Gasteiger partial charge in [0.15, 0.2) is 0 Å². The number of likely N-dealkylation sites (N-methyl/N-ethyl adjacent to an activating group) is 1. The number of rotatable bonds is 2. The molecule has 0 aliphatic carbocycles. The highest BCUT2D eigenvalue weighted by molar-refractivity contribution is 6.19. The fourth-order valence-electron chi connectivity index (χ4n) is 0.897. The van der Waals surface area contributed by atoms with Crippen molar-refractivity contribution in [2.45, 2.75) is 20.8 Å². The normalized spacial score (nSPS) is 8.73. The molecule has 0 unspecified atom stereocenters. The van der Waals surface area contributed by atoms with E-state index in [2.05, 4.69) is 5.32 Å². The molecule has 0 aromatic heterocycles. The molecule has 62 valence electrons. The molecule has 3 heteroatoms. The Morgan fingerprint density at radius 2 is 1.73 bits per heavy atom. The Bertz CT molecular complexity index is 212. The van der Waals surface area contributed by atoms with Gasteiger partial charge in [0.1, 0.15) is 0 Å². The second-order valence-corrected chi connectivity index (χ2v) is 2.58. The van der Waals surface area contributed by atoms with Crippen molar-refractivity contribution >= 4 is 11.6 Å². The quantitative estimate of drug-likeness (QED) is 0.454. The second-order valence-electron chi connectivity index (χ2n) is 2.58. The van der Waals surface area contributed by atoms with Crippen LogP contribution in [0.4, 0.5) is 0 Å². The van der Waals surface area contributed by atoms with Gasteiger partial charge in [0.25, 0.3) is 5.91 Å². The van der Waals surface area contributed by atoms with Crippen molar-refractivity contribution in [1.82, 2.24) is 5.32 Å². The van der Waals surface area contributed by atoms with Crippen LogP contribution in [0.2, 0.25) is 0 Å². The summed E-state index contributed by atoms with van der Waals surface area (Å²) in [5, 5.41) is 9.79. The van der Waals surface area contributed by atoms with Crippen LogP contribution in [0.1, 0.15) is 20.8 Å². The van der Waals surface area contributed by atoms with Crippen LogP contribution in [0, 0.1) is 5.41 Å². The minimum Gasteiger partial charge on any atom is -0.355 e. The van der Waals surface area contributed by atoms with Gasteiger partial charge in [-0.2, -0.15) is 0 Å². The van der Waals surface area contributed by atoms with E-state index in [0.717, 1.165) is 5.57 Å². The summed E-state index contributed by atoms with van der Waals surface area (Å²) in [7, 11) is 1.56. The molecule has 0 saturated carbocycles. The molecular weight excluding hydrogens is 140 g/mol. The summed E-state index contributed by atoms with van der Waals surface area (Å²) in [6, 6.07) is 0. The fraction of sp³-hybridized carbons (Fsp3) is 0.500. The molecule has 0 aliphatic rings. The maximum Gasteiger partial charge on any atom is 0.252 e. The van der Waals surface area contributed by atoms with E-state index < -0.39 is 0 Å². The molecule has 0 aromatic rings. The second kappa shape index (κ2) is 3.91. The van der Waals surface area contributed by atoms with Crippen LogP contribution in [-0.2, 0) is 4.79 Å². The third-order valence-corrected chi connectivity index (χ3v) is 1.33. The SMILES string of the molecule is CNC(=O)C(C(C)=N)=C(C)C. The summed E-state index contributed by atoms with van der Waals surface area (Å²) < 4.78 is 0. The summed E-state index contributed by atoms with van der Waals surface area (Å²) >= 11 is 0. The average Bonchev–Trinajstić information content (AvgIpc) is 1.85. The lowest BCUT2D eigenvalue weighted by atomic mass is 10.1. The Kier molecular flexibility index (Phi) is 3.51. The van der Waals surface area contributed by atoms with E-state index in [1.165, 1.54) is 0 Å². The number of hydrogen-bond donors (Lipinski definition) is 2. The first kappa shape index (κ1) is 9.88. The standard InChI is InChI=1S/C8H14N2O/c1-5(2)7(6(3)9)8(11)10-4/h9H,1-4H3,(H,10,11). The minimum atomic E-state index is -0.183. The molecule has 11 heavy (non-hydrogen) atoms. The first-order valence-corrected chi connectivity index (χ1v) is 3.45. The van der Waals surface area contributed by atoms with Crippen molar-refractivity contribution < 1.29 is 4.79 Å². The van der Waals surface area contributed by atoms with Crippen molar-refractivity contribution in [2.24, 2.45) is 0 Å². The Balaban J connectivity index is 4.79. The minimum absolute atomic E-state index is 0.183. The van der Waals surface area contributed by atoms with Gasteiger partial charge in [0.2, 0.25) is 0 Å². The largest absolute Gasteiger partial charge is 0.355 e. The summed E-state index contributed by atoms with van der Waals surface area (Å²) in [4.78, 5) is 11.1. The van der Waals surface area contributed by atoms with Crippen molar-refractivity contribution in [1.29, 1.82) is 5.41 Å². The lowest BCUT2D eigenvalue weighted by Crippen LogP contribution is -2.24. The molecule has 3 nitrogen and oxygen atoms in total. The number of amides is 1. The third kappa shape index (κ3) is 2.53. The highest BCUT2D eigenvalue weighted by Crippen LogP contribution is 2.04. The Morgan fingerprint density at radius 1 is 1.27 bits per heavy atom. The molecule has 0 saturated heterocycles. The van der Waals surface area contributed by atoms with Crippen molar-refractivity contribution in [2.75, 3.05) is 7.05 Å². The van der Waals surface area contributed by atoms with Crippen molar-refractivity contribution in [3.05, 3.63) is 11.1 Å². The highest BCUT2D eigenvalue weighted by Gasteiger charge is 2.10. The Labute approximate surface area is 67.0 Å². The van der Waals surface area contributed by atoms with Gasteiger partial charge in [0, 0.05) is 12.8 Å². The Hall–Kier alpha value is -1.12. The lowest BCUT2D eigenvalue weighted by Gasteiger charge is -2.05. The lowest BCUT2D eigenvalue weighted by molar-refractivity contribution is -0.116. The molecule has 0 heterocycles. The molecule has 0 bridgehead atoms. The van der Waals surface area contributed by atoms with Gasteiger partial charge in [-0.1, -0.05) is 5.57 Å². The molecule has 1 amide bonds.